The summed E-state index contributed by atoms with van der Waals surface area (Å²) >= 11 is 0. The molecule has 4 aromatic rings. The Bertz CT molecular complexity index is 2780. The maximum absolute atomic E-state index is 12.6. The molecular formula is C68H135BN14O18P4. The van der Waals surface area contributed by atoms with Gasteiger partial charge >= 0.3 is 23.5 Å². The maximum Gasteiger partial charge on any atom is 0.490 e. The van der Waals surface area contributed by atoms with Crippen molar-refractivity contribution in [1.29, 1.82) is 0 Å². The molecule has 6 rings (SSSR count). The number of fused-ring (bicyclic) bond motifs is 2. The SMILES string of the molecule is CCCCN(CCCC)CCCC.CCCCN(CCCC)CCCC.CCCCN(CCCC)CCCC.CCCCN(CCCC)CCCC.[B]P(=O)(OC[C@H]1O[C@@H](n2cnc3c(N)ncnc32)[C@H](O)[C@@H]1O)OP(=O)(O)OP(=O)(O)OP(=O)(O)OC[C@H]1O[C@@H](n2cnc3c(N)ncnc32)[C@H](O)[C@@H]1O. The molecule has 4 unspecified atom stereocenters. The van der Waals surface area contributed by atoms with Crippen LogP contribution < -0.4 is 11.5 Å². The van der Waals surface area contributed by atoms with Crippen molar-refractivity contribution < 1.29 is 84.8 Å². The number of aromatic nitrogens is 8. The zero-order valence-electron chi connectivity index (χ0n) is 65.3. The quantitative estimate of drug-likeness (QED) is 0.0146. The van der Waals surface area contributed by atoms with Gasteiger partial charge < -0.3 is 80.2 Å². The van der Waals surface area contributed by atoms with E-state index >= 15 is 0 Å². The number of nitrogen functional groups attached to an aromatic ring is 2. The van der Waals surface area contributed by atoms with E-state index in [-0.39, 0.29) is 34.0 Å². The molecule has 32 nitrogen and oxygen atoms in total. The standard InChI is InChI=1S/C20H27BN10O18P4.4C12H27N/c21-50(36,43-1-7-11(32)13(34)19(45-7)30-5-28-9-15(22)24-3-26-17(9)30)47-52(39,40)49-53(41,42)48-51(37,38)44-2-8-12(33)14(35)20(46-8)31-6-29-10-16(23)25-4-27-18(10)31;4*1-4-7-10-13(11-8-5-2)12-9-6-3/h3-8,11-14,19-20,32-35H,1-2H2,(H,37,38)(H,39,40)(H,41,42)(H2,22,24,26)(H2,23,25,27);4*4-12H2,1-3H3/t7-,8-,11-,12-,13-,14-,19-,20-,50?;;;;/m1..../s1. The highest BCUT2D eigenvalue weighted by Crippen LogP contribution is 2.71. The predicted molar refractivity (Wildman–Crippen MR) is 414 cm³/mol. The van der Waals surface area contributed by atoms with Crippen molar-refractivity contribution >= 4 is 72.5 Å². The Hall–Kier alpha value is -3.04. The van der Waals surface area contributed by atoms with E-state index in [1.54, 1.807) is 0 Å². The first-order valence-corrected chi connectivity index (χ1v) is 44.7. The number of hydrogen-bond donors (Lipinski definition) is 9. The van der Waals surface area contributed by atoms with Gasteiger partial charge in [0.05, 0.1) is 25.9 Å². The van der Waals surface area contributed by atoms with Gasteiger partial charge in [-0.2, -0.15) is 8.62 Å². The van der Waals surface area contributed by atoms with Gasteiger partial charge in [-0.05, 0) is 156 Å². The Balaban J connectivity index is 0.000000578. The van der Waals surface area contributed by atoms with Crippen LogP contribution in [0.4, 0.5) is 11.6 Å². The molecule has 608 valence electrons. The molecule has 12 atom stereocenters. The van der Waals surface area contributed by atoms with Crippen molar-refractivity contribution in [1.82, 2.24) is 58.6 Å². The van der Waals surface area contributed by atoms with E-state index in [0.29, 0.717) is 0 Å². The number of imidazole rings is 2. The molecular weight excluding hydrogens is 1440 g/mol. The van der Waals surface area contributed by atoms with Crippen LogP contribution in [0.5, 0.6) is 0 Å². The smallest absolute Gasteiger partial charge is 0.387 e. The van der Waals surface area contributed by atoms with E-state index in [9.17, 15) is 53.4 Å². The van der Waals surface area contributed by atoms with Gasteiger partial charge in [-0.25, -0.2) is 47.9 Å². The van der Waals surface area contributed by atoms with Gasteiger partial charge in [0.25, 0.3) is 7.47 Å². The van der Waals surface area contributed by atoms with Crippen LogP contribution in [0.2, 0.25) is 0 Å². The molecule has 2 aliphatic rings. The number of aliphatic hydroxyl groups excluding tert-OH is 4. The fraction of sp³-hybridized carbons (Fsp3) is 0.853. The number of nitrogens with zero attached hydrogens (tertiary/aromatic N) is 12. The fourth-order valence-corrected chi connectivity index (χ4v) is 16.1. The first-order chi connectivity index (χ1) is 50.1. The minimum absolute atomic E-state index is 0.00231. The summed E-state index contributed by atoms with van der Waals surface area (Å²) in [5, 5.41) is 41.9. The topological polar surface area (TPSA) is 427 Å². The highest BCUT2D eigenvalue weighted by molar-refractivity contribution is 7.84. The molecule has 0 amide bonds. The molecule has 11 N–H and O–H groups in total. The number of aliphatic hydroxyl groups is 4. The summed E-state index contributed by atoms with van der Waals surface area (Å²) in [7, 11) is -17.9. The summed E-state index contributed by atoms with van der Waals surface area (Å²) in [6.07, 6.45) is 24.1. The summed E-state index contributed by atoms with van der Waals surface area (Å²) < 4.78 is 84.5. The molecule has 2 radical (unpaired) electrons. The number of nitrogens with two attached hydrogens (primary N) is 2. The number of phosphoric ester groups is 1. The molecule has 37 heteroatoms. The molecule has 0 saturated carbocycles. The van der Waals surface area contributed by atoms with Crippen LogP contribution in [0.25, 0.3) is 22.3 Å². The van der Waals surface area contributed by atoms with Gasteiger partial charge in [0.1, 0.15) is 60.3 Å². The number of hydrogen-bond acceptors (Lipinski definition) is 27. The zero-order valence-corrected chi connectivity index (χ0v) is 68.9. The lowest BCUT2D eigenvalue weighted by atomic mass is 10.1. The Morgan fingerprint density at radius 2 is 0.638 bits per heavy atom. The number of rotatable bonds is 50. The van der Waals surface area contributed by atoms with Crippen molar-refractivity contribution in [2.75, 3.05) is 103 Å². The highest BCUT2D eigenvalue weighted by atomic mass is 31.3. The third kappa shape index (κ3) is 38.2. The predicted octanol–water partition coefficient (Wildman–Crippen LogP) is 12.5. The second-order valence-corrected chi connectivity index (χ2v) is 33.0. The molecule has 2 saturated heterocycles. The number of anilines is 2. The highest BCUT2D eigenvalue weighted by Gasteiger charge is 2.49. The average Bonchev–Trinajstić information content (AvgIpc) is 1.64. The lowest BCUT2D eigenvalue weighted by Gasteiger charge is -2.23. The third-order valence-corrected chi connectivity index (χ3v) is 23.4. The summed E-state index contributed by atoms with van der Waals surface area (Å²) in [5.74, 6) is -0.00498. The fourth-order valence-electron chi connectivity index (χ4n) is 11.1. The lowest BCUT2D eigenvalue weighted by Crippen LogP contribution is -2.33. The van der Waals surface area contributed by atoms with E-state index in [2.05, 4.69) is 150 Å². The first kappa shape index (κ1) is 98.0. The molecule has 2 fully saturated rings. The molecule has 6 heterocycles. The van der Waals surface area contributed by atoms with Crippen molar-refractivity contribution in [2.24, 2.45) is 0 Å². The van der Waals surface area contributed by atoms with E-state index in [1.165, 1.54) is 248 Å². The Morgan fingerprint density at radius 1 is 0.390 bits per heavy atom. The van der Waals surface area contributed by atoms with Crippen LogP contribution in [0.3, 0.4) is 0 Å². The van der Waals surface area contributed by atoms with E-state index in [0.717, 1.165) is 19.0 Å². The van der Waals surface area contributed by atoms with Crippen molar-refractivity contribution in [2.45, 2.75) is 286 Å². The molecule has 105 heavy (non-hydrogen) atoms. The second kappa shape index (κ2) is 54.6. The van der Waals surface area contributed by atoms with E-state index in [1.807, 2.05) is 0 Å². The summed E-state index contributed by atoms with van der Waals surface area (Å²) in [6, 6.07) is 0. The second-order valence-electron chi connectivity index (χ2n) is 26.6. The van der Waals surface area contributed by atoms with Crippen LogP contribution in [-0.2, 0) is 49.7 Å². The van der Waals surface area contributed by atoms with Crippen LogP contribution in [0, 0.1) is 0 Å². The van der Waals surface area contributed by atoms with Gasteiger partial charge in [0.15, 0.2) is 35.4 Å². The van der Waals surface area contributed by atoms with Crippen molar-refractivity contribution in [3.05, 3.63) is 25.3 Å². The molecule has 0 spiro atoms. The lowest BCUT2D eigenvalue weighted by molar-refractivity contribution is -0.0503. The van der Waals surface area contributed by atoms with Gasteiger partial charge in [-0.3, -0.25) is 18.2 Å². The third-order valence-electron chi connectivity index (χ3n) is 17.4. The van der Waals surface area contributed by atoms with E-state index < -0.39 is 93.2 Å². The van der Waals surface area contributed by atoms with Crippen LogP contribution >= 0.6 is 30.9 Å². The Labute approximate surface area is 627 Å². The molecule has 0 aromatic carbocycles. The number of phosphoric acid groups is 3. The Morgan fingerprint density at radius 3 is 0.905 bits per heavy atom. The van der Waals surface area contributed by atoms with Crippen LogP contribution in [0.15, 0.2) is 25.3 Å². The molecule has 0 bridgehead atoms. The normalized spacial score (nSPS) is 21.1. The molecule has 4 aromatic heterocycles. The minimum Gasteiger partial charge on any atom is -0.387 e. The number of ether oxygens (including phenoxy) is 2. The largest absolute Gasteiger partial charge is 0.490 e. The zero-order chi connectivity index (χ0) is 78.4. The van der Waals surface area contributed by atoms with Gasteiger partial charge in [-0.15, -0.1) is 0 Å². The van der Waals surface area contributed by atoms with E-state index in [4.69, 9.17) is 33.0 Å². The van der Waals surface area contributed by atoms with Crippen LogP contribution in [0.1, 0.15) is 250 Å². The van der Waals surface area contributed by atoms with Crippen molar-refractivity contribution in [3.63, 3.8) is 0 Å². The average molecular weight is 1570 g/mol. The summed E-state index contributed by atoms with van der Waals surface area (Å²) in [4.78, 5) is 63.8. The Kier molecular flexibility index (Phi) is 51.0. The molecule has 2 aliphatic heterocycles. The summed E-state index contributed by atoms with van der Waals surface area (Å²) in [6.45, 7) is 41.0. The first-order valence-electron chi connectivity index (χ1n) is 38.6. The van der Waals surface area contributed by atoms with Crippen molar-refractivity contribution in [3.8, 4) is 0 Å². The maximum atomic E-state index is 12.6. The van der Waals surface area contributed by atoms with Gasteiger partial charge in [-0.1, -0.05) is 160 Å². The summed E-state index contributed by atoms with van der Waals surface area (Å²) in [5.41, 5.74) is 11.9. The van der Waals surface area contributed by atoms with Crippen LogP contribution in [-0.4, -0.2) is 230 Å². The number of unbranched alkanes of at least 4 members (excludes halogenated alkanes) is 12. The van der Waals surface area contributed by atoms with Gasteiger partial charge in [0.2, 0.25) is 7.57 Å². The molecule has 0 aliphatic carbocycles. The van der Waals surface area contributed by atoms with Gasteiger partial charge in [0, 0.05) is 0 Å². The minimum atomic E-state index is -6.14. The monoisotopic (exact) mass is 1570 g/mol.